The second-order valence-electron chi connectivity index (χ2n) is 3.96. The topological polar surface area (TPSA) is 32.3 Å². The van der Waals surface area contributed by atoms with Gasteiger partial charge in [0.15, 0.2) is 0 Å². The molecule has 0 bridgehead atoms. The van der Waals surface area contributed by atoms with Gasteiger partial charge in [0.25, 0.3) is 0 Å². The molecule has 1 aliphatic heterocycles. The van der Waals surface area contributed by atoms with Gasteiger partial charge >= 0.3 is 0 Å². The molecule has 1 atom stereocenters. The maximum Gasteiger partial charge on any atom is 0.0584 e. The Morgan fingerprint density at radius 1 is 1.60 bits per heavy atom. The van der Waals surface area contributed by atoms with Crippen LogP contribution in [-0.4, -0.2) is 24.3 Å². The van der Waals surface area contributed by atoms with E-state index in [-0.39, 0.29) is 6.61 Å². The van der Waals surface area contributed by atoms with Gasteiger partial charge in [0.2, 0.25) is 0 Å². The summed E-state index contributed by atoms with van der Waals surface area (Å²) in [6.45, 7) is 5.84. The first-order valence-corrected chi connectivity index (χ1v) is 3.98. The van der Waals surface area contributed by atoms with Crippen molar-refractivity contribution in [1.82, 2.24) is 5.32 Å². The van der Waals surface area contributed by atoms with Crippen LogP contribution in [0.2, 0.25) is 0 Å². The number of piperidine rings is 1. The van der Waals surface area contributed by atoms with Gasteiger partial charge in [-0.05, 0) is 18.3 Å². The molecule has 2 heteroatoms. The van der Waals surface area contributed by atoms with Gasteiger partial charge in [-0.15, -0.1) is 0 Å². The van der Waals surface area contributed by atoms with Crippen molar-refractivity contribution in [3.05, 3.63) is 0 Å². The quantitative estimate of drug-likeness (QED) is 0.568. The molecule has 0 unspecified atom stereocenters. The molecule has 1 saturated heterocycles. The fraction of sp³-hybridized carbons (Fsp3) is 1.00. The van der Waals surface area contributed by atoms with E-state index in [1.165, 1.54) is 6.42 Å². The first-order chi connectivity index (χ1) is 4.64. The zero-order valence-electron chi connectivity index (χ0n) is 6.85. The summed E-state index contributed by atoms with van der Waals surface area (Å²) in [4.78, 5) is 0. The zero-order chi connectivity index (χ0) is 7.61. The minimum atomic E-state index is 0.288. The van der Waals surface area contributed by atoms with Crippen molar-refractivity contribution in [2.45, 2.75) is 32.7 Å². The molecule has 1 fully saturated rings. The molecule has 0 aromatic rings. The predicted octanol–water partition coefficient (Wildman–Crippen LogP) is 0.757. The Morgan fingerprint density at radius 3 is 2.70 bits per heavy atom. The van der Waals surface area contributed by atoms with E-state index in [4.69, 9.17) is 5.11 Å². The number of hydrogen-bond donors (Lipinski definition) is 2. The van der Waals surface area contributed by atoms with E-state index < -0.39 is 0 Å². The highest BCUT2D eigenvalue weighted by molar-refractivity contribution is 4.82. The molecular formula is C8H17NO. The maximum absolute atomic E-state index is 8.80. The maximum atomic E-state index is 8.80. The van der Waals surface area contributed by atoms with E-state index in [9.17, 15) is 0 Å². The van der Waals surface area contributed by atoms with Crippen LogP contribution in [0.25, 0.3) is 0 Å². The van der Waals surface area contributed by atoms with Crippen LogP contribution in [0, 0.1) is 5.41 Å². The summed E-state index contributed by atoms with van der Waals surface area (Å²) >= 11 is 0. The Hall–Kier alpha value is -0.0800. The number of rotatable bonds is 1. The Morgan fingerprint density at radius 2 is 2.30 bits per heavy atom. The number of aliphatic hydroxyl groups is 1. The lowest BCUT2D eigenvalue weighted by atomic mass is 9.83. The summed E-state index contributed by atoms with van der Waals surface area (Å²) in [6, 6.07) is 0.355. The summed E-state index contributed by atoms with van der Waals surface area (Å²) in [5, 5.41) is 12.1. The molecule has 1 aliphatic rings. The van der Waals surface area contributed by atoms with Gasteiger partial charge in [-0.25, -0.2) is 0 Å². The van der Waals surface area contributed by atoms with E-state index in [0.29, 0.717) is 11.5 Å². The predicted molar refractivity (Wildman–Crippen MR) is 41.9 cm³/mol. The summed E-state index contributed by atoms with van der Waals surface area (Å²) in [6.07, 6.45) is 2.34. The first-order valence-electron chi connectivity index (χ1n) is 3.98. The van der Waals surface area contributed by atoms with Gasteiger partial charge in [-0.2, -0.15) is 0 Å². The zero-order valence-corrected chi connectivity index (χ0v) is 6.85. The molecule has 0 radical (unpaired) electrons. The Labute approximate surface area is 62.6 Å². The highest BCUT2D eigenvalue weighted by atomic mass is 16.3. The normalized spacial score (nSPS) is 32.1. The van der Waals surface area contributed by atoms with E-state index in [1.54, 1.807) is 0 Å². The van der Waals surface area contributed by atoms with E-state index in [2.05, 4.69) is 19.2 Å². The van der Waals surface area contributed by atoms with Crippen LogP contribution in [0.3, 0.4) is 0 Å². The van der Waals surface area contributed by atoms with Gasteiger partial charge in [0.1, 0.15) is 0 Å². The first kappa shape index (κ1) is 8.02. The van der Waals surface area contributed by atoms with E-state index in [0.717, 1.165) is 13.0 Å². The second kappa shape index (κ2) is 2.89. The minimum Gasteiger partial charge on any atom is -0.395 e. The molecule has 0 spiro atoms. The minimum absolute atomic E-state index is 0.288. The van der Waals surface area contributed by atoms with Crippen molar-refractivity contribution in [2.24, 2.45) is 5.41 Å². The molecule has 0 saturated carbocycles. The summed E-state index contributed by atoms with van der Waals surface area (Å²) in [7, 11) is 0. The summed E-state index contributed by atoms with van der Waals surface area (Å²) in [5.74, 6) is 0. The van der Waals surface area contributed by atoms with E-state index >= 15 is 0 Å². The monoisotopic (exact) mass is 143 g/mol. The standard InChI is InChI=1S/C8H17NO/c1-8(2)4-3-7(5-10)9-6-8/h7,9-10H,3-6H2,1-2H3/t7-/m0/s1. The van der Waals surface area contributed by atoms with Crippen molar-refractivity contribution in [3.8, 4) is 0 Å². The summed E-state index contributed by atoms with van der Waals surface area (Å²) < 4.78 is 0. The van der Waals surface area contributed by atoms with Gasteiger partial charge in [-0.3, -0.25) is 0 Å². The molecular weight excluding hydrogens is 126 g/mol. The lowest BCUT2D eigenvalue weighted by Crippen LogP contribution is -2.44. The fourth-order valence-corrected chi connectivity index (χ4v) is 1.33. The van der Waals surface area contributed by atoms with E-state index in [1.807, 2.05) is 0 Å². The van der Waals surface area contributed by atoms with Crippen LogP contribution in [0.4, 0.5) is 0 Å². The molecule has 10 heavy (non-hydrogen) atoms. The molecule has 0 aliphatic carbocycles. The molecule has 1 heterocycles. The Balaban J connectivity index is 2.31. The van der Waals surface area contributed by atoms with Crippen LogP contribution in [-0.2, 0) is 0 Å². The molecule has 2 nitrogen and oxygen atoms in total. The SMILES string of the molecule is CC1(C)CC[C@@H](CO)NC1. The van der Waals surface area contributed by atoms with Gasteiger partial charge < -0.3 is 10.4 Å². The van der Waals surface area contributed by atoms with Crippen LogP contribution >= 0.6 is 0 Å². The third-order valence-corrected chi connectivity index (χ3v) is 2.26. The highest BCUT2D eigenvalue weighted by Crippen LogP contribution is 2.25. The molecule has 0 aromatic heterocycles. The van der Waals surface area contributed by atoms with Crippen molar-refractivity contribution >= 4 is 0 Å². The smallest absolute Gasteiger partial charge is 0.0584 e. The van der Waals surface area contributed by atoms with Gasteiger partial charge in [0, 0.05) is 12.6 Å². The van der Waals surface area contributed by atoms with Crippen molar-refractivity contribution in [2.75, 3.05) is 13.2 Å². The summed E-state index contributed by atoms with van der Waals surface area (Å²) in [5.41, 5.74) is 0.436. The average molecular weight is 143 g/mol. The van der Waals surface area contributed by atoms with Crippen LogP contribution < -0.4 is 5.32 Å². The molecule has 0 amide bonds. The van der Waals surface area contributed by atoms with Crippen molar-refractivity contribution in [1.29, 1.82) is 0 Å². The third kappa shape index (κ3) is 1.96. The van der Waals surface area contributed by atoms with Crippen LogP contribution in [0.5, 0.6) is 0 Å². The van der Waals surface area contributed by atoms with Gasteiger partial charge in [0.05, 0.1) is 6.61 Å². The molecule has 60 valence electrons. The van der Waals surface area contributed by atoms with Crippen molar-refractivity contribution < 1.29 is 5.11 Å². The fourth-order valence-electron chi connectivity index (χ4n) is 1.33. The number of aliphatic hydroxyl groups excluding tert-OH is 1. The lowest BCUT2D eigenvalue weighted by Gasteiger charge is -2.34. The van der Waals surface area contributed by atoms with Gasteiger partial charge in [-0.1, -0.05) is 13.8 Å². The second-order valence-corrected chi connectivity index (χ2v) is 3.96. The number of hydrogen-bond acceptors (Lipinski definition) is 2. The largest absolute Gasteiger partial charge is 0.395 e. The average Bonchev–Trinajstić information content (AvgIpc) is 1.88. The Bertz CT molecular complexity index is 102. The lowest BCUT2D eigenvalue weighted by molar-refractivity contribution is 0.163. The highest BCUT2D eigenvalue weighted by Gasteiger charge is 2.25. The molecule has 0 aromatic carbocycles. The van der Waals surface area contributed by atoms with Crippen LogP contribution in [0.15, 0.2) is 0 Å². The molecule has 1 rings (SSSR count). The van der Waals surface area contributed by atoms with Crippen LogP contribution in [0.1, 0.15) is 26.7 Å². The number of nitrogens with one attached hydrogen (secondary N) is 1. The molecule has 2 N–H and O–H groups in total. The Kier molecular flexibility index (Phi) is 2.32. The van der Waals surface area contributed by atoms with Crippen molar-refractivity contribution in [3.63, 3.8) is 0 Å². The third-order valence-electron chi connectivity index (χ3n) is 2.26.